The van der Waals surface area contributed by atoms with Crippen molar-refractivity contribution in [2.45, 2.75) is 19.0 Å². The van der Waals surface area contributed by atoms with E-state index in [1.165, 1.54) is 13.0 Å². The summed E-state index contributed by atoms with van der Waals surface area (Å²) in [6.07, 6.45) is -4.80. The van der Waals surface area contributed by atoms with Gasteiger partial charge in [0.2, 0.25) is 5.91 Å². The Kier molecular flexibility index (Phi) is 4.89. The Balaban J connectivity index is 2.45. The number of sulfone groups is 1. The van der Waals surface area contributed by atoms with E-state index in [0.717, 1.165) is 5.39 Å². The van der Waals surface area contributed by atoms with Crippen LogP contribution in [0.3, 0.4) is 0 Å². The molecule has 130 valence electrons. The molecule has 2 N–H and O–H groups in total. The van der Waals surface area contributed by atoms with Gasteiger partial charge in [-0.1, -0.05) is 43.3 Å². The molecule has 0 unspecified atom stereocenters. The van der Waals surface area contributed by atoms with Crippen molar-refractivity contribution in [3.63, 3.8) is 0 Å². The predicted molar refractivity (Wildman–Crippen MR) is 85.6 cm³/mol. The Morgan fingerprint density at radius 2 is 1.79 bits per heavy atom. The third-order valence-electron chi connectivity index (χ3n) is 3.63. The second kappa shape index (κ2) is 6.43. The zero-order valence-corrected chi connectivity index (χ0v) is 13.6. The quantitative estimate of drug-likeness (QED) is 0.891. The SMILES string of the molecule is C[C@@H](CS(=O)(=O)CC(F)(F)F)c1ccc2ccccc2c1C(N)=O. The first-order chi connectivity index (χ1) is 11.0. The van der Waals surface area contributed by atoms with E-state index < -0.39 is 39.3 Å². The van der Waals surface area contributed by atoms with Crippen LogP contribution in [0.15, 0.2) is 36.4 Å². The number of hydrogen-bond donors (Lipinski definition) is 1. The van der Waals surface area contributed by atoms with E-state index in [0.29, 0.717) is 10.9 Å². The van der Waals surface area contributed by atoms with Crippen LogP contribution < -0.4 is 5.73 Å². The smallest absolute Gasteiger partial charge is 0.366 e. The highest BCUT2D eigenvalue weighted by Gasteiger charge is 2.36. The molecule has 2 aromatic rings. The van der Waals surface area contributed by atoms with Gasteiger partial charge in [0.05, 0.1) is 11.3 Å². The standard InChI is InChI=1S/C16H16F3NO3S/c1-10(8-24(22,23)9-16(17,18)19)12-7-6-11-4-2-3-5-13(11)14(12)15(20)21/h2-7,10H,8-9H2,1H3,(H2,20,21)/t10-/m0/s1. The number of halogens is 3. The summed E-state index contributed by atoms with van der Waals surface area (Å²) in [7, 11) is -4.36. The Morgan fingerprint density at radius 1 is 1.17 bits per heavy atom. The van der Waals surface area contributed by atoms with Gasteiger partial charge >= 0.3 is 6.18 Å². The van der Waals surface area contributed by atoms with Gasteiger partial charge in [-0.05, 0) is 22.3 Å². The van der Waals surface area contributed by atoms with Gasteiger partial charge in [0.25, 0.3) is 0 Å². The number of primary amides is 1. The number of rotatable bonds is 5. The molecule has 24 heavy (non-hydrogen) atoms. The molecule has 2 aromatic carbocycles. The van der Waals surface area contributed by atoms with Crippen molar-refractivity contribution in [3.05, 3.63) is 47.5 Å². The minimum atomic E-state index is -4.80. The van der Waals surface area contributed by atoms with Crippen LogP contribution in [0.1, 0.15) is 28.8 Å². The lowest BCUT2D eigenvalue weighted by Crippen LogP contribution is -2.27. The average Bonchev–Trinajstić information content (AvgIpc) is 2.42. The van der Waals surface area contributed by atoms with Crippen LogP contribution >= 0.6 is 0 Å². The van der Waals surface area contributed by atoms with E-state index in [1.807, 2.05) is 0 Å². The number of fused-ring (bicyclic) bond motifs is 1. The van der Waals surface area contributed by atoms with Crippen LogP contribution in [-0.2, 0) is 9.84 Å². The van der Waals surface area contributed by atoms with Gasteiger partial charge in [0, 0.05) is 0 Å². The van der Waals surface area contributed by atoms with Crippen molar-refractivity contribution in [2.75, 3.05) is 11.5 Å². The third kappa shape index (κ3) is 4.25. The molecular weight excluding hydrogens is 343 g/mol. The fourth-order valence-corrected chi connectivity index (χ4v) is 4.31. The van der Waals surface area contributed by atoms with Crippen molar-refractivity contribution in [3.8, 4) is 0 Å². The van der Waals surface area contributed by atoms with Gasteiger partial charge in [-0.25, -0.2) is 8.42 Å². The van der Waals surface area contributed by atoms with Crippen LogP contribution in [0, 0.1) is 0 Å². The largest absolute Gasteiger partial charge is 0.402 e. The number of carbonyl (C=O) groups excluding carboxylic acids is 1. The molecular formula is C16H16F3NO3S. The molecule has 0 aliphatic rings. The number of carbonyl (C=O) groups is 1. The van der Waals surface area contributed by atoms with Gasteiger partial charge in [0.1, 0.15) is 5.75 Å². The average molecular weight is 359 g/mol. The van der Waals surface area contributed by atoms with Crippen molar-refractivity contribution < 1.29 is 26.4 Å². The van der Waals surface area contributed by atoms with Crippen LogP contribution in [0.4, 0.5) is 13.2 Å². The molecule has 2 rings (SSSR count). The maximum absolute atomic E-state index is 12.4. The lowest BCUT2D eigenvalue weighted by atomic mass is 9.92. The Hall–Kier alpha value is -2.09. The monoisotopic (exact) mass is 359 g/mol. The highest BCUT2D eigenvalue weighted by molar-refractivity contribution is 7.91. The molecule has 4 nitrogen and oxygen atoms in total. The molecule has 0 saturated carbocycles. The maximum Gasteiger partial charge on any atom is 0.402 e. The number of amides is 1. The third-order valence-corrected chi connectivity index (χ3v) is 5.40. The summed E-state index contributed by atoms with van der Waals surface area (Å²) < 4.78 is 60.6. The maximum atomic E-state index is 12.4. The van der Waals surface area contributed by atoms with E-state index in [-0.39, 0.29) is 5.56 Å². The summed E-state index contributed by atoms with van der Waals surface area (Å²) in [4.78, 5) is 11.8. The number of benzene rings is 2. The highest BCUT2D eigenvalue weighted by atomic mass is 32.2. The molecule has 1 atom stereocenters. The van der Waals surface area contributed by atoms with E-state index in [9.17, 15) is 26.4 Å². The number of nitrogens with two attached hydrogens (primary N) is 1. The van der Waals surface area contributed by atoms with E-state index in [2.05, 4.69) is 0 Å². The van der Waals surface area contributed by atoms with Crippen molar-refractivity contribution in [1.29, 1.82) is 0 Å². The molecule has 0 heterocycles. The fourth-order valence-electron chi connectivity index (χ4n) is 2.75. The first kappa shape index (κ1) is 18.3. The Morgan fingerprint density at radius 3 is 2.38 bits per heavy atom. The summed E-state index contributed by atoms with van der Waals surface area (Å²) in [5.74, 6) is -4.15. The summed E-state index contributed by atoms with van der Waals surface area (Å²) in [6.45, 7) is 1.46. The van der Waals surface area contributed by atoms with Crippen LogP contribution in [-0.4, -0.2) is 32.0 Å². The molecule has 0 spiro atoms. The van der Waals surface area contributed by atoms with Gasteiger partial charge in [-0.2, -0.15) is 13.2 Å². The van der Waals surface area contributed by atoms with E-state index in [4.69, 9.17) is 5.73 Å². The number of alkyl halides is 3. The molecule has 1 amide bonds. The topological polar surface area (TPSA) is 77.2 Å². The predicted octanol–water partition coefficient (Wildman–Crippen LogP) is 3.02. The number of hydrogen-bond acceptors (Lipinski definition) is 3. The first-order valence-corrected chi connectivity index (χ1v) is 8.91. The summed E-state index contributed by atoms with van der Waals surface area (Å²) in [5.41, 5.74) is 5.88. The minimum Gasteiger partial charge on any atom is -0.366 e. The van der Waals surface area contributed by atoms with Gasteiger partial charge in [-0.15, -0.1) is 0 Å². The van der Waals surface area contributed by atoms with E-state index >= 15 is 0 Å². The lowest BCUT2D eigenvalue weighted by Gasteiger charge is -2.17. The van der Waals surface area contributed by atoms with Crippen molar-refractivity contribution >= 4 is 26.5 Å². The zero-order valence-electron chi connectivity index (χ0n) is 12.8. The second-order valence-electron chi connectivity index (χ2n) is 5.69. The van der Waals surface area contributed by atoms with Crippen LogP contribution in [0.25, 0.3) is 10.8 Å². The summed E-state index contributed by atoms with van der Waals surface area (Å²) in [5, 5.41) is 1.28. The van der Waals surface area contributed by atoms with Crippen LogP contribution in [0.2, 0.25) is 0 Å². The molecule has 8 heteroatoms. The molecule has 0 fully saturated rings. The Labute approximate surface area is 137 Å². The van der Waals surface area contributed by atoms with Crippen molar-refractivity contribution in [1.82, 2.24) is 0 Å². The molecule has 0 aromatic heterocycles. The molecule has 0 aliphatic heterocycles. The Bertz CT molecular complexity index is 876. The first-order valence-electron chi connectivity index (χ1n) is 7.09. The zero-order chi connectivity index (χ0) is 18.1. The van der Waals surface area contributed by atoms with Gasteiger partial charge in [-0.3, -0.25) is 4.79 Å². The second-order valence-corrected chi connectivity index (χ2v) is 7.80. The highest BCUT2D eigenvalue weighted by Crippen LogP contribution is 2.29. The molecule has 0 saturated heterocycles. The van der Waals surface area contributed by atoms with Crippen molar-refractivity contribution in [2.24, 2.45) is 5.73 Å². The molecule has 0 bridgehead atoms. The van der Waals surface area contributed by atoms with Gasteiger partial charge < -0.3 is 5.73 Å². The van der Waals surface area contributed by atoms with E-state index in [1.54, 1.807) is 30.3 Å². The van der Waals surface area contributed by atoms with Crippen LogP contribution in [0.5, 0.6) is 0 Å². The summed E-state index contributed by atoms with van der Waals surface area (Å²) in [6, 6.07) is 10.1. The lowest BCUT2D eigenvalue weighted by molar-refractivity contribution is -0.106. The minimum absolute atomic E-state index is 0.141. The normalized spacial score (nSPS) is 13.8. The molecule has 0 aliphatic carbocycles. The summed E-state index contributed by atoms with van der Waals surface area (Å²) >= 11 is 0. The molecule has 0 radical (unpaired) electrons. The fraction of sp³-hybridized carbons (Fsp3) is 0.312. The van der Waals surface area contributed by atoms with Gasteiger partial charge in [0.15, 0.2) is 9.84 Å².